The van der Waals surface area contributed by atoms with Crippen LogP contribution in [0.25, 0.3) is 0 Å². The van der Waals surface area contributed by atoms with E-state index in [-0.39, 0.29) is 9.79 Å². The highest BCUT2D eigenvalue weighted by atomic mass is 32.2. The molecular weight excluding hydrogens is 368 g/mol. The van der Waals surface area contributed by atoms with Crippen LogP contribution in [0.3, 0.4) is 0 Å². The maximum absolute atomic E-state index is 13.1. The smallest absolute Gasteiger partial charge is 0.212 e. The van der Waals surface area contributed by atoms with Crippen molar-refractivity contribution in [2.45, 2.75) is 32.9 Å². The summed E-state index contributed by atoms with van der Waals surface area (Å²) in [5.74, 6) is 0.360. The molecular formula is C19H14N2O3S2. The quantitative estimate of drug-likeness (QED) is 0.469. The Morgan fingerprint density at radius 1 is 1.08 bits per heavy atom. The van der Waals surface area contributed by atoms with E-state index in [1.165, 1.54) is 0 Å². The lowest BCUT2D eigenvalue weighted by Crippen LogP contribution is -2.29. The molecule has 1 unspecified atom stereocenters. The molecule has 3 aromatic rings. The van der Waals surface area contributed by atoms with E-state index in [1.807, 2.05) is 30.0 Å². The molecule has 2 aliphatic heterocycles. The number of para-hydroxylation sites is 1. The lowest BCUT2D eigenvalue weighted by Gasteiger charge is -2.37. The number of fused-ring (bicyclic) bond motifs is 4. The lowest BCUT2D eigenvalue weighted by atomic mass is 10.1. The van der Waals surface area contributed by atoms with Gasteiger partial charge in [0.05, 0.1) is 0 Å². The van der Waals surface area contributed by atoms with Crippen LogP contribution >= 0.6 is 0 Å². The first-order valence-electron chi connectivity index (χ1n) is 8.22. The SMILES string of the molecule is CCc1ccc2c(c1)N1c3ncccc3S(=O)(=O)c3cccc(c31)[S+]2[O-]. The number of pyridine rings is 1. The molecule has 130 valence electrons. The van der Waals surface area contributed by atoms with Gasteiger partial charge in [-0.15, -0.1) is 0 Å². The first kappa shape index (κ1) is 15.9. The number of hydrogen-bond donors (Lipinski definition) is 0. The van der Waals surface area contributed by atoms with Gasteiger partial charge in [0.25, 0.3) is 0 Å². The van der Waals surface area contributed by atoms with E-state index in [2.05, 4.69) is 4.98 Å². The zero-order valence-electron chi connectivity index (χ0n) is 13.8. The molecule has 2 aromatic carbocycles. The van der Waals surface area contributed by atoms with Crippen molar-refractivity contribution in [3.8, 4) is 0 Å². The van der Waals surface area contributed by atoms with Crippen LogP contribution in [-0.2, 0) is 27.4 Å². The van der Waals surface area contributed by atoms with E-state index in [0.29, 0.717) is 21.3 Å². The van der Waals surface area contributed by atoms with Crippen molar-refractivity contribution in [3.63, 3.8) is 0 Å². The molecule has 26 heavy (non-hydrogen) atoms. The Kier molecular flexibility index (Phi) is 3.25. The molecule has 5 nitrogen and oxygen atoms in total. The molecule has 0 spiro atoms. The van der Waals surface area contributed by atoms with Crippen molar-refractivity contribution in [1.82, 2.24) is 4.98 Å². The highest BCUT2D eigenvalue weighted by molar-refractivity contribution is 7.93. The zero-order valence-corrected chi connectivity index (χ0v) is 15.5. The second kappa shape index (κ2) is 5.33. The highest BCUT2D eigenvalue weighted by Crippen LogP contribution is 2.55. The van der Waals surface area contributed by atoms with Crippen LogP contribution in [-0.4, -0.2) is 18.0 Å². The largest absolute Gasteiger partial charge is 0.606 e. The molecule has 5 rings (SSSR count). The van der Waals surface area contributed by atoms with Crippen molar-refractivity contribution in [1.29, 1.82) is 0 Å². The van der Waals surface area contributed by atoms with Crippen molar-refractivity contribution in [2.24, 2.45) is 0 Å². The van der Waals surface area contributed by atoms with Gasteiger partial charge in [-0.2, -0.15) is 0 Å². The van der Waals surface area contributed by atoms with E-state index in [9.17, 15) is 13.0 Å². The average molecular weight is 382 g/mol. The maximum atomic E-state index is 13.1. The Balaban J connectivity index is 1.94. The Bertz CT molecular complexity index is 1180. The summed E-state index contributed by atoms with van der Waals surface area (Å²) < 4.78 is 39.4. The second-order valence-electron chi connectivity index (χ2n) is 6.19. The van der Waals surface area contributed by atoms with Gasteiger partial charge in [0.1, 0.15) is 21.2 Å². The van der Waals surface area contributed by atoms with Gasteiger partial charge in [-0.25, -0.2) is 13.4 Å². The summed E-state index contributed by atoms with van der Waals surface area (Å²) in [5, 5.41) is 0. The van der Waals surface area contributed by atoms with Crippen LogP contribution in [0.4, 0.5) is 17.2 Å². The summed E-state index contributed by atoms with van der Waals surface area (Å²) in [4.78, 5) is 7.73. The summed E-state index contributed by atoms with van der Waals surface area (Å²) in [7, 11) is -3.71. The van der Waals surface area contributed by atoms with Gasteiger partial charge >= 0.3 is 0 Å². The van der Waals surface area contributed by atoms with Crippen LogP contribution < -0.4 is 4.90 Å². The number of nitrogens with zero attached hydrogens (tertiary/aromatic N) is 2. The van der Waals surface area contributed by atoms with Crippen LogP contribution in [0.1, 0.15) is 12.5 Å². The minimum absolute atomic E-state index is 0.171. The Morgan fingerprint density at radius 3 is 2.69 bits per heavy atom. The molecule has 7 heteroatoms. The summed E-state index contributed by atoms with van der Waals surface area (Å²) in [5.41, 5.74) is 2.28. The predicted molar refractivity (Wildman–Crippen MR) is 98.4 cm³/mol. The molecule has 3 heterocycles. The summed E-state index contributed by atoms with van der Waals surface area (Å²) >= 11 is -1.44. The van der Waals surface area contributed by atoms with Crippen molar-refractivity contribution >= 4 is 38.2 Å². The van der Waals surface area contributed by atoms with E-state index in [4.69, 9.17) is 0 Å². The third kappa shape index (κ3) is 1.90. The van der Waals surface area contributed by atoms with Crippen molar-refractivity contribution < 1.29 is 13.0 Å². The molecule has 0 aliphatic carbocycles. The minimum atomic E-state index is -3.71. The number of aromatic nitrogens is 1. The Morgan fingerprint density at radius 2 is 1.88 bits per heavy atom. The molecule has 0 saturated heterocycles. The molecule has 0 radical (unpaired) electrons. The van der Waals surface area contributed by atoms with Gasteiger partial charge in [-0.1, -0.05) is 19.1 Å². The molecule has 0 fully saturated rings. The first-order chi connectivity index (χ1) is 12.5. The molecule has 0 amide bonds. The third-order valence-corrected chi connectivity index (χ3v) is 8.08. The van der Waals surface area contributed by atoms with Gasteiger partial charge in [0.2, 0.25) is 9.84 Å². The van der Waals surface area contributed by atoms with Crippen LogP contribution in [0.2, 0.25) is 0 Å². The van der Waals surface area contributed by atoms with Gasteiger partial charge in [-0.05, 0) is 48.4 Å². The number of benzene rings is 2. The summed E-state index contributed by atoms with van der Waals surface area (Å²) in [6.45, 7) is 2.05. The fraction of sp³-hybridized carbons (Fsp3) is 0.105. The number of hydrogen-bond acceptors (Lipinski definition) is 5. The van der Waals surface area contributed by atoms with Gasteiger partial charge in [-0.3, -0.25) is 4.90 Å². The second-order valence-corrected chi connectivity index (χ2v) is 9.49. The minimum Gasteiger partial charge on any atom is -0.606 e. The fourth-order valence-corrected chi connectivity index (χ4v) is 6.55. The lowest BCUT2D eigenvalue weighted by molar-refractivity contribution is 0.589. The monoisotopic (exact) mass is 382 g/mol. The fourth-order valence-electron chi connectivity index (χ4n) is 3.54. The third-order valence-electron chi connectivity index (χ3n) is 4.80. The number of aryl methyl sites for hydroxylation is 1. The van der Waals surface area contributed by atoms with Crippen LogP contribution in [0.5, 0.6) is 0 Å². The zero-order chi connectivity index (χ0) is 18.1. The molecule has 0 saturated carbocycles. The molecule has 1 aromatic heterocycles. The molecule has 1 atom stereocenters. The van der Waals surface area contributed by atoms with Crippen LogP contribution in [0, 0.1) is 0 Å². The van der Waals surface area contributed by atoms with Crippen molar-refractivity contribution in [2.75, 3.05) is 4.90 Å². The highest BCUT2D eigenvalue weighted by Gasteiger charge is 2.45. The average Bonchev–Trinajstić information content (AvgIpc) is 2.67. The van der Waals surface area contributed by atoms with Crippen molar-refractivity contribution in [3.05, 3.63) is 60.3 Å². The van der Waals surface area contributed by atoms with E-state index in [1.54, 1.807) is 36.5 Å². The number of anilines is 3. The van der Waals surface area contributed by atoms with E-state index in [0.717, 1.165) is 17.7 Å². The topological polar surface area (TPSA) is 73.3 Å². The molecule has 2 aliphatic rings. The van der Waals surface area contributed by atoms with E-state index >= 15 is 0 Å². The summed E-state index contributed by atoms with van der Waals surface area (Å²) in [6.07, 6.45) is 2.41. The molecule has 0 N–H and O–H groups in total. The Labute approximate surface area is 154 Å². The standard InChI is InChI=1S/C19H14N2O3S2/c1-2-12-8-9-14-13(11-12)21-18-15(25(14)22)5-3-6-16(18)26(23,24)17-7-4-10-20-19(17)21/h3-11H,2H2,1H3. The predicted octanol–water partition coefficient (Wildman–Crippen LogP) is 3.74. The van der Waals surface area contributed by atoms with Gasteiger partial charge in [0.15, 0.2) is 15.6 Å². The van der Waals surface area contributed by atoms with Gasteiger partial charge < -0.3 is 4.55 Å². The normalized spacial score (nSPS) is 18.7. The summed E-state index contributed by atoms with van der Waals surface area (Å²) in [6, 6.07) is 13.9. The van der Waals surface area contributed by atoms with E-state index < -0.39 is 21.0 Å². The first-order valence-corrected chi connectivity index (χ1v) is 10.9. The van der Waals surface area contributed by atoms with Crippen LogP contribution in [0.15, 0.2) is 74.3 Å². The number of sulfone groups is 1. The maximum Gasteiger partial charge on any atom is 0.212 e. The molecule has 0 bridgehead atoms. The number of rotatable bonds is 1. The van der Waals surface area contributed by atoms with Gasteiger partial charge in [0, 0.05) is 17.4 Å². The Hall–Kier alpha value is -2.35.